The molecule has 1 aromatic carbocycles. The molecule has 2 unspecified atom stereocenters. The molecule has 0 radical (unpaired) electrons. The molecular weight excluding hydrogens is 703 g/mol. The van der Waals surface area contributed by atoms with Gasteiger partial charge in [-0.1, -0.05) is 38.5 Å². The Balaban J connectivity index is 1.22. The van der Waals surface area contributed by atoms with Crippen molar-refractivity contribution >= 4 is 44.6 Å². The summed E-state index contributed by atoms with van der Waals surface area (Å²) in [5.41, 5.74) is -0.441. The van der Waals surface area contributed by atoms with Crippen molar-refractivity contribution in [3.8, 4) is 11.6 Å². The standard InChI is InChI=1S/C38H49N5O9S/c1-4-23-18-22(2)8-5-6-10-25-20-38(25,35(46)42-53(49,50)37(3)14-15-37)41-32(44)29-19-26(21-43(29)34(45)30(23)40-36(47)48)52-33-28-12-11-24-9-7-17-51-31(24)27(28)13-16-39-33/h6,10-13,16,22-23,25-26,29-30,40H,4-5,7-9,14-15,17-21H2,1-3H3,(H,41,44)(H,42,46)(H,47,48)/b10-6-/t22-,23+,25?,26+,29-,30-,38?/m0/s1. The molecule has 7 atom stereocenters. The molecule has 2 saturated carbocycles. The molecule has 7 rings (SSSR count). The fourth-order valence-electron chi connectivity index (χ4n) is 8.25. The summed E-state index contributed by atoms with van der Waals surface area (Å²) in [5, 5.41) is 16.8. The summed E-state index contributed by atoms with van der Waals surface area (Å²) in [7, 11) is -4.00. The number of carboxylic acid groups (broad SMARTS) is 1. The Bertz CT molecular complexity index is 1950. The molecular formula is C38H49N5O9S. The number of fused-ring (bicyclic) bond motifs is 5. The quantitative estimate of drug-likeness (QED) is 0.303. The SMILES string of the molecule is CC[C@@H]1C[C@@H](C)CC/C=C\C2CC2(C(=O)NS(=O)(=O)C2(C)CC2)NC(=O)[C@@H]2C[C@@H](Oc3nccc4c5c(ccc34)CCCO5)CN2C(=O)[C@H]1NC(=O)O. The third-order valence-electron chi connectivity index (χ3n) is 11.9. The van der Waals surface area contributed by atoms with Crippen LogP contribution in [0.25, 0.3) is 10.8 Å². The van der Waals surface area contributed by atoms with Crippen LogP contribution in [0.2, 0.25) is 0 Å². The summed E-state index contributed by atoms with van der Waals surface area (Å²) in [5.74, 6) is -1.60. The van der Waals surface area contributed by atoms with Crippen molar-refractivity contribution in [2.75, 3.05) is 13.2 Å². The number of benzene rings is 1. The van der Waals surface area contributed by atoms with Crippen LogP contribution in [-0.4, -0.2) is 88.8 Å². The maximum atomic E-state index is 14.6. The van der Waals surface area contributed by atoms with Gasteiger partial charge in [-0.3, -0.25) is 19.1 Å². The monoisotopic (exact) mass is 751 g/mol. The van der Waals surface area contributed by atoms with Crippen molar-refractivity contribution in [2.24, 2.45) is 17.8 Å². The number of pyridine rings is 1. The highest BCUT2D eigenvalue weighted by molar-refractivity contribution is 7.91. The third-order valence-corrected chi connectivity index (χ3v) is 14.1. The highest BCUT2D eigenvalue weighted by Gasteiger charge is 2.63. The van der Waals surface area contributed by atoms with Crippen LogP contribution in [0, 0.1) is 17.8 Å². The van der Waals surface area contributed by atoms with E-state index in [9.17, 15) is 32.7 Å². The third kappa shape index (κ3) is 7.16. The van der Waals surface area contributed by atoms with Gasteiger partial charge in [-0.2, -0.15) is 0 Å². The van der Waals surface area contributed by atoms with Crippen LogP contribution in [0.15, 0.2) is 36.5 Å². The number of allylic oxidation sites excluding steroid dienone is 1. The Hall–Kier alpha value is -4.40. The number of ether oxygens (including phenoxy) is 2. The molecule has 1 saturated heterocycles. The van der Waals surface area contributed by atoms with Crippen LogP contribution >= 0.6 is 0 Å². The van der Waals surface area contributed by atoms with Crippen molar-refractivity contribution in [3.63, 3.8) is 0 Å². The average molecular weight is 752 g/mol. The van der Waals surface area contributed by atoms with E-state index in [0.717, 1.165) is 36.0 Å². The summed E-state index contributed by atoms with van der Waals surface area (Å²) in [4.78, 5) is 60.8. The van der Waals surface area contributed by atoms with Crippen molar-refractivity contribution in [3.05, 3.63) is 42.1 Å². The molecule has 4 heterocycles. The second-order valence-electron chi connectivity index (χ2n) is 15.8. The summed E-state index contributed by atoms with van der Waals surface area (Å²) >= 11 is 0. The zero-order valence-corrected chi connectivity index (χ0v) is 31.2. The Labute approximate surface area is 309 Å². The average Bonchev–Trinajstić information content (AvgIpc) is 4.01. The van der Waals surface area contributed by atoms with E-state index in [1.165, 1.54) is 4.90 Å². The molecule has 3 fully saturated rings. The van der Waals surface area contributed by atoms with Gasteiger partial charge in [-0.15, -0.1) is 0 Å². The minimum atomic E-state index is -4.00. The van der Waals surface area contributed by atoms with E-state index >= 15 is 0 Å². The van der Waals surface area contributed by atoms with Gasteiger partial charge in [0.25, 0.3) is 5.91 Å². The van der Waals surface area contributed by atoms with Crippen LogP contribution in [0.5, 0.6) is 11.6 Å². The topological polar surface area (TPSA) is 193 Å². The van der Waals surface area contributed by atoms with E-state index < -0.39 is 68.2 Å². The first kappa shape index (κ1) is 36.9. The molecule has 0 bridgehead atoms. The molecule has 4 N–H and O–H groups in total. The molecule has 1 aromatic heterocycles. The van der Waals surface area contributed by atoms with Crippen LogP contribution in [0.1, 0.15) is 84.1 Å². The lowest BCUT2D eigenvalue weighted by molar-refractivity contribution is -0.142. The minimum absolute atomic E-state index is 0.0264. The van der Waals surface area contributed by atoms with E-state index in [1.807, 2.05) is 37.3 Å². The van der Waals surface area contributed by atoms with Crippen LogP contribution < -0.4 is 24.8 Å². The van der Waals surface area contributed by atoms with Gasteiger partial charge in [-0.25, -0.2) is 18.2 Å². The number of hydrogen-bond acceptors (Lipinski definition) is 9. The second kappa shape index (κ2) is 14.1. The lowest BCUT2D eigenvalue weighted by atomic mass is 9.85. The van der Waals surface area contributed by atoms with Crippen LogP contribution in [-0.2, 0) is 30.8 Å². The number of amides is 4. The molecule has 286 valence electrons. The van der Waals surface area contributed by atoms with Crippen molar-refractivity contribution in [1.29, 1.82) is 0 Å². The summed E-state index contributed by atoms with van der Waals surface area (Å²) in [6.07, 6.45) is 8.77. The fourth-order valence-corrected chi connectivity index (χ4v) is 9.56. The van der Waals surface area contributed by atoms with Gasteiger partial charge in [0, 0.05) is 29.3 Å². The summed E-state index contributed by atoms with van der Waals surface area (Å²) < 4.78 is 40.0. The number of sulfonamides is 1. The number of nitrogens with zero attached hydrogens (tertiary/aromatic N) is 2. The van der Waals surface area contributed by atoms with Crippen molar-refractivity contribution in [1.82, 2.24) is 25.2 Å². The van der Waals surface area contributed by atoms with Gasteiger partial charge in [0.2, 0.25) is 27.7 Å². The highest BCUT2D eigenvalue weighted by Crippen LogP contribution is 2.48. The smallest absolute Gasteiger partial charge is 0.405 e. The molecule has 15 heteroatoms. The van der Waals surface area contributed by atoms with Gasteiger partial charge in [0.15, 0.2) is 0 Å². The Morgan fingerprint density at radius 1 is 1.17 bits per heavy atom. The first-order chi connectivity index (χ1) is 25.2. The van der Waals surface area contributed by atoms with Gasteiger partial charge in [-0.05, 0) is 87.8 Å². The fraction of sp³-hybridized carbons (Fsp3) is 0.605. The molecule has 5 aliphatic rings. The lowest BCUT2D eigenvalue weighted by Crippen LogP contribution is -2.59. The predicted molar refractivity (Wildman–Crippen MR) is 195 cm³/mol. The zero-order valence-electron chi connectivity index (χ0n) is 30.4. The summed E-state index contributed by atoms with van der Waals surface area (Å²) in [6.45, 7) is 6.11. The molecule has 3 aliphatic heterocycles. The van der Waals surface area contributed by atoms with Gasteiger partial charge in [0.1, 0.15) is 29.5 Å². The number of aryl methyl sites for hydroxylation is 1. The Morgan fingerprint density at radius 2 is 1.96 bits per heavy atom. The van der Waals surface area contributed by atoms with Crippen LogP contribution in [0.3, 0.4) is 0 Å². The summed E-state index contributed by atoms with van der Waals surface area (Å²) in [6, 6.07) is 3.50. The largest absolute Gasteiger partial charge is 0.493 e. The van der Waals surface area contributed by atoms with Gasteiger partial charge in [0.05, 0.1) is 17.9 Å². The van der Waals surface area contributed by atoms with Crippen molar-refractivity contribution in [2.45, 2.75) is 113 Å². The number of aromatic nitrogens is 1. The Morgan fingerprint density at radius 3 is 2.70 bits per heavy atom. The van der Waals surface area contributed by atoms with Crippen molar-refractivity contribution < 1.29 is 42.2 Å². The predicted octanol–water partition coefficient (Wildman–Crippen LogP) is 3.82. The van der Waals surface area contributed by atoms with E-state index in [0.29, 0.717) is 50.0 Å². The molecule has 2 aromatic rings. The first-order valence-electron chi connectivity index (χ1n) is 18.8. The highest BCUT2D eigenvalue weighted by atomic mass is 32.2. The molecule has 4 amide bonds. The van der Waals surface area contributed by atoms with E-state index in [4.69, 9.17) is 9.47 Å². The Kier molecular flexibility index (Phi) is 9.83. The number of hydrogen-bond donors (Lipinski definition) is 4. The normalized spacial score (nSPS) is 31.6. The molecule has 0 spiro atoms. The maximum Gasteiger partial charge on any atom is 0.405 e. The number of carbonyl (C=O) groups is 4. The van der Waals surface area contributed by atoms with E-state index in [1.54, 1.807) is 13.1 Å². The second-order valence-corrected chi connectivity index (χ2v) is 18.0. The van der Waals surface area contributed by atoms with Gasteiger partial charge >= 0.3 is 6.09 Å². The molecule has 2 aliphatic carbocycles. The lowest BCUT2D eigenvalue weighted by Gasteiger charge is -2.33. The maximum absolute atomic E-state index is 14.6. The minimum Gasteiger partial charge on any atom is -0.493 e. The molecule has 14 nitrogen and oxygen atoms in total. The van der Waals surface area contributed by atoms with E-state index in [-0.39, 0.29) is 31.2 Å². The van der Waals surface area contributed by atoms with Crippen LogP contribution in [0.4, 0.5) is 4.79 Å². The molecule has 53 heavy (non-hydrogen) atoms. The zero-order chi connectivity index (χ0) is 37.7. The first-order valence-corrected chi connectivity index (χ1v) is 20.3. The number of rotatable bonds is 7. The van der Waals surface area contributed by atoms with E-state index in [2.05, 4.69) is 27.3 Å². The van der Waals surface area contributed by atoms with Gasteiger partial charge < -0.3 is 30.1 Å². The number of nitrogens with one attached hydrogen (secondary N) is 3. The number of carbonyl (C=O) groups excluding carboxylic acids is 3.